The molecule has 1 aromatic carbocycles. The number of hydrogen-bond acceptors (Lipinski definition) is 2. The van der Waals surface area contributed by atoms with Crippen molar-refractivity contribution >= 4 is 5.69 Å². The van der Waals surface area contributed by atoms with E-state index in [1.165, 1.54) is 44.5 Å². The fourth-order valence-electron chi connectivity index (χ4n) is 3.56. The van der Waals surface area contributed by atoms with Gasteiger partial charge >= 0.3 is 0 Å². The molecule has 3 rings (SSSR count). The molecule has 0 aromatic heterocycles. The predicted molar refractivity (Wildman–Crippen MR) is 71.8 cm³/mol. The number of benzene rings is 1. The van der Waals surface area contributed by atoms with E-state index < -0.39 is 0 Å². The molecule has 1 aliphatic carbocycles. The molecule has 2 atom stereocenters. The monoisotopic (exact) mass is 230 g/mol. The molecule has 2 nitrogen and oxygen atoms in total. The number of rotatable bonds is 3. The molecule has 1 aromatic rings. The minimum Gasteiger partial charge on any atom is -0.399 e. The Balaban J connectivity index is 1.54. The number of para-hydroxylation sites is 1. The van der Waals surface area contributed by atoms with E-state index in [-0.39, 0.29) is 0 Å². The van der Waals surface area contributed by atoms with Gasteiger partial charge in [-0.15, -0.1) is 0 Å². The summed E-state index contributed by atoms with van der Waals surface area (Å²) in [7, 11) is 0. The quantitative estimate of drug-likeness (QED) is 0.809. The normalized spacial score (nSPS) is 28.5. The first-order valence-corrected chi connectivity index (χ1v) is 6.88. The minimum absolute atomic E-state index is 0.951. The van der Waals surface area contributed by atoms with Crippen molar-refractivity contribution in [1.82, 2.24) is 4.90 Å². The van der Waals surface area contributed by atoms with Gasteiger partial charge in [-0.25, -0.2) is 0 Å². The van der Waals surface area contributed by atoms with E-state index in [0.717, 1.165) is 23.9 Å². The third-order valence-electron chi connectivity index (χ3n) is 4.55. The van der Waals surface area contributed by atoms with Gasteiger partial charge < -0.3 is 10.6 Å². The van der Waals surface area contributed by atoms with Crippen LogP contribution in [0.3, 0.4) is 0 Å². The van der Waals surface area contributed by atoms with Gasteiger partial charge in [-0.2, -0.15) is 0 Å². The van der Waals surface area contributed by atoms with Crippen molar-refractivity contribution in [1.29, 1.82) is 0 Å². The van der Waals surface area contributed by atoms with E-state index in [9.17, 15) is 0 Å². The zero-order valence-electron chi connectivity index (χ0n) is 10.4. The predicted octanol–water partition coefficient (Wildman–Crippen LogP) is 2.54. The minimum atomic E-state index is 0.951. The molecule has 92 valence electrons. The highest BCUT2D eigenvalue weighted by Crippen LogP contribution is 2.37. The molecule has 1 saturated heterocycles. The zero-order chi connectivity index (χ0) is 11.7. The molecule has 2 N–H and O–H groups in total. The van der Waals surface area contributed by atoms with Gasteiger partial charge in [-0.1, -0.05) is 24.6 Å². The molecular weight excluding hydrogens is 208 g/mol. The topological polar surface area (TPSA) is 29.3 Å². The van der Waals surface area contributed by atoms with Crippen LogP contribution in [-0.4, -0.2) is 24.5 Å². The fraction of sp³-hybridized carbons (Fsp3) is 0.600. The highest BCUT2D eigenvalue weighted by molar-refractivity contribution is 5.46. The second kappa shape index (κ2) is 4.69. The van der Waals surface area contributed by atoms with Gasteiger partial charge in [0.05, 0.1) is 0 Å². The fourth-order valence-corrected chi connectivity index (χ4v) is 3.56. The van der Waals surface area contributed by atoms with E-state index in [0.29, 0.717) is 0 Å². The molecular formula is C15H22N2. The zero-order valence-corrected chi connectivity index (χ0v) is 10.4. The number of nitrogen functional groups attached to an aromatic ring is 1. The number of likely N-dealkylation sites (tertiary alicyclic amines) is 1. The van der Waals surface area contributed by atoms with Gasteiger partial charge in [-0.3, -0.25) is 0 Å². The summed E-state index contributed by atoms with van der Waals surface area (Å²) in [6.07, 6.45) is 5.50. The summed E-state index contributed by atoms with van der Waals surface area (Å²) in [6, 6.07) is 8.27. The van der Waals surface area contributed by atoms with E-state index in [4.69, 9.17) is 5.73 Å². The number of nitrogens with zero attached hydrogens (tertiary/aromatic N) is 1. The molecule has 0 spiro atoms. The smallest absolute Gasteiger partial charge is 0.0347 e. The van der Waals surface area contributed by atoms with Crippen LogP contribution in [0.2, 0.25) is 0 Å². The van der Waals surface area contributed by atoms with Gasteiger partial charge in [0.1, 0.15) is 0 Å². The Morgan fingerprint density at radius 3 is 2.53 bits per heavy atom. The Hall–Kier alpha value is -1.02. The number of fused-ring (bicyclic) bond motifs is 1. The molecule has 2 unspecified atom stereocenters. The van der Waals surface area contributed by atoms with Crippen molar-refractivity contribution in [2.75, 3.05) is 25.4 Å². The molecule has 2 heteroatoms. The average molecular weight is 230 g/mol. The van der Waals surface area contributed by atoms with Crippen LogP contribution in [0.4, 0.5) is 5.69 Å². The summed E-state index contributed by atoms with van der Waals surface area (Å²) in [5.41, 5.74) is 8.24. The number of anilines is 1. The maximum atomic E-state index is 5.98. The lowest BCUT2D eigenvalue weighted by Crippen LogP contribution is -2.24. The lowest BCUT2D eigenvalue weighted by atomic mass is 10.0. The number of hydrogen-bond donors (Lipinski definition) is 1. The summed E-state index contributed by atoms with van der Waals surface area (Å²) in [6.45, 7) is 3.84. The maximum absolute atomic E-state index is 5.98. The first-order valence-electron chi connectivity index (χ1n) is 6.88. The van der Waals surface area contributed by atoms with Crippen LogP contribution in [-0.2, 0) is 6.42 Å². The molecule has 2 aliphatic rings. The van der Waals surface area contributed by atoms with Gasteiger partial charge in [-0.05, 0) is 42.7 Å². The van der Waals surface area contributed by atoms with Gasteiger partial charge in [0, 0.05) is 25.3 Å². The Labute approximate surface area is 104 Å². The van der Waals surface area contributed by atoms with Crippen molar-refractivity contribution in [3.05, 3.63) is 29.8 Å². The lowest BCUT2D eigenvalue weighted by molar-refractivity contribution is 0.315. The maximum Gasteiger partial charge on any atom is 0.0347 e. The largest absolute Gasteiger partial charge is 0.399 e. The van der Waals surface area contributed by atoms with Crippen LogP contribution in [0.1, 0.15) is 24.8 Å². The number of nitrogens with two attached hydrogens (primary N) is 1. The first kappa shape index (κ1) is 11.1. The van der Waals surface area contributed by atoms with Crippen LogP contribution in [0.25, 0.3) is 0 Å². The molecule has 1 aliphatic heterocycles. The Morgan fingerprint density at radius 2 is 1.82 bits per heavy atom. The highest BCUT2D eigenvalue weighted by atomic mass is 15.2. The van der Waals surface area contributed by atoms with Crippen LogP contribution in [0.5, 0.6) is 0 Å². The summed E-state index contributed by atoms with van der Waals surface area (Å²) in [5, 5.41) is 0. The molecule has 0 radical (unpaired) electrons. The van der Waals surface area contributed by atoms with Crippen molar-refractivity contribution in [2.45, 2.75) is 25.7 Å². The Bertz CT molecular complexity index is 376. The molecule has 0 amide bonds. The van der Waals surface area contributed by atoms with Gasteiger partial charge in [0.25, 0.3) is 0 Å². The van der Waals surface area contributed by atoms with Gasteiger partial charge in [0.2, 0.25) is 0 Å². The third-order valence-corrected chi connectivity index (χ3v) is 4.55. The van der Waals surface area contributed by atoms with E-state index >= 15 is 0 Å². The molecule has 1 saturated carbocycles. The second-order valence-corrected chi connectivity index (χ2v) is 5.66. The van der Waals surface area contributed by atoms with Crippen LogP contribution >= 0.6 is 0 Å². The summed E-state index contributed by atoms with van der Waals surface area (Å²) in [5.74, 6) is 2.01. The third kappa shape index (κ3) is 2.32. The van der Waals surface area contributed by atoms with E-state index in [2.05, 4.69) is 17.0 Å². The van der Waals surface area contributed by atoms with Crippen molar-refractivity contribution in [2.24, 2.45) is 11.8 Å². The van der Waals surface area contributed by atoms with Gasteiger partial charge in [0.15, 0.2) is 0 Å². The Morgan fingerprint density at radius 1 is 1.12 bits per heavy atom. The summed E-state index contributed by atoms with van der Waals surface area (Å²) in [4.78, 5) is 2.64. The van der Waals surface area contributed by atoms with E-state index in [1.54, 1.807) is 0 Å². The molecule has 17 heavy (non-hydrogen) atoms. The first-order chi connectivity index (χ1) is 8.33. The van der Waals surface area contributed by atoms with Crippen LogP contribution < -0.4 is 5.73 Å². The highest BCUT2D eigenvalue weighted by Gasteiger charge is 2.35. The molecule has 1 heterocycles. The standard InChI is InChI=1S/C15H22N2/c16-15-7-2-1-4-12(15)8-9-17-10-13-5-3-6-14(13)11-17/h1-2,4,7,13-14H,3,5-6,8-11,16H2. The van der Waals surface area contributed by atoms with Crippen LogP contribution in [0, 0.1) is 11.8 Å². The Kier molecular flexibility index (Phi) is 3.06. The SMILES string of the molecule is Nc1ccccc1CCN1CC2CCCC2C1. The van der Waals surface area contributed by atoms with Crippen molar-refractivity contribution in [3.8, 4) is 0 Å². The summed E-state index contributed by atoms with van der Waals surface area (Å²) < 4.78 is 0. The lowest BCUT2D eigenvalue weighted by Gasteiger charge is -2.17. The van der Waals surface area contributed by atoms with Crippen molar-refractivity contribution in [3.63, 3.8) is 0 Å². The van der Waals surface area contributed by atoms with Crippen molar-refractivity contribution < 1.29 is 0 Å². The molecule has 2 fully saturated rings. The van der Waals surface area contributed by atoms with Crippen LogP contribution in [0.15, 0.2) is 24.3 Å². The second-order valence-electron chi connectivity index (χ2n) is 5.66. The molecule has 0 bridgehead atoms. The van der Waals surface area contributed by atoms with E-state index in [1.807, 2.05) is 12.1 Å². The average Bonchev–Trinajstić information content (AvgIpc) is 2.88. The summed E-state index contributed by atoms with van der Waals surface area (Å²) >= 11 is 0.